The van der Waals surface area contributed by atoms with E-state index in [1.807, 2.05) is 0 Å². The average molecular weight is 222 g/mol. The van der Waals surface area contributed by atoms with E-state index in [1.54, 1.807) is 0 Å². The smallest absolute Gasteiger partial charge is 0.227 e. The number of carbonyl (C=O) groups excluding carboxylic acids is 1. The normalized spacial score (nSPS) is 46.6. The van der Waals surface area contributed by atoms with Crippen LogP contribution in [0.5, 0.6) is 0 Å². The highest BCUT2D eigenvalue weighted by Crippen LogP contribution is 2.48. The van der Waals surface area contributed by atoms with E-state index in [4.69, 9.17) is 5.73 Å². The lowest BCUT2D eigenvalue weighted by atomic mass is 9.84. The molecule has 2 N–H and O–H groups in total. The lowest BCUT2D eigenvalue weighted by molar-refractivity contribution is -0.136. The number of likely N-dealkylation sites (tertiary alicyclic amines) is 1. The number of fused-ring (bicyclic) bond motifs is 2. The molecule has 5 unspecified atom stereocenters. The summed E-state index contributed by atoms with van der Waals surface area (Å²) in [5, 5.41) is 0. The molecule has 0 aromatic heterocycles. The first kappa shape index (κ1) is 10.6. The molecular weight excluding hydrogens is 200 g/mol. The molecule has 90 valence electrons. The van der Waals surface area contributed by atoms with E-state index in [0.717, 1.165) is 13.1 Å². The zero-order valence-electron chi connectivity index (χ0n) is 10.1. The van der Waals surface area contributed by atoms with Crippen LogP contribution in [0.25, 0.3) is 0 Å². The van der Waals surface area contributed by atoms with Gasteiger partial charge in [-0.05, 0) is 43.4 Å². The molecule has 1 amide bonds. The molecule has 2 aliphatic carbocycles. The molecule has 3 nitrogen and oxygen atoms in total. The van der Waals surface area contributed by atoms with E-state index in [0.29, 0.717) is 23.7 Å². The Kier molecular flexibility index (Phi) is 2.46. The Morgan fingerprint density at radius 2 is 2.00 bits per heavy atom. The molecule has 0 aromatic rings. The zero-order valence-corrected chi connectivity index (χ0v) is 10.1. The summed E-state index contributed by atoms with van der Waals surface area (Å²) in [5.74, 6) is 2.44. The Hall–Kier alpha value is -0.570. The molecule has 0 radical (unpaired) electrons. The van der Waals surface area contributed by atoms with Crippen molar-refractivity contribution in [3.63, 3.8) is 0 Å². The Morgan fingerprint density at radius 3 is 2.56 bits per heavy atom. The van der Waals surface area contributed by atoms with Gasteiger partial charge < -0.3 is 10.6 Å². The predicted octanol–water partition coefficient (Wildman–Crippen LogP) is 1.23. The first-order chi connectivity index (χ1) is 7.66. The largest absolute Gasteiger partial charge is 0.342 e. The van der Waals surface area contributed by atoms with Gasteiger partial charge in [0, 0.05) is 19.1 Å². The van der Waals surface area contributed by atoms with Crippen LogP contribution in [-0.4, -0.2) is 29.9 Å². The molecule has 1 heterocycles. The van der Waals surface area contributed by atoms with Crippen LogP contribution in [0.3, 0.4) is 0 Å². The van der Waals surface area contributed by atoms with Gasteiger partial charge in [-0.3, -0.25) is 4.79 Å². The third kappa shape index (κ3) is 1.48. The summed E-state index contributed by atoms with van der Waals surface area (Å²) in [7, 11) is 0. The van der Waals surface area contributed by atoms with Crippen LogP contribution < -0.4 is 5.73 Å². The number of carbonyl (C=O) groups is 1. The molecular formula is C13H22N2O. The number of hydrogen-bond donors (Lipinski definition) is 1. The molecule has 1 saturated heterocycles. The van der Waals surface area contributed by atoms with Gasteiger partial charge in [0.25, 0.3) is 0 Å². The summed E-state index contributed by atoms with van der Waals surface area (Å²) in [6.07, 6.45) is 4.87. The van der Waals surface area contributed by atoms with Crippen molar-refractivity contribution in [2.45, 2.75) is 38.6 Å². The number of hydrogen-bond acceptors (Lipinski definition) is 2. The highest BCUT2D eigenvalue weighted by molar-refractivity contribution is 5.80. The highest BCUT2D eigenvalue weighted by Gasteiger charge is 2.50. The minimum atomic E-state index is 0.155. The third-order valence-electron chi connectivity index (χ3n) is 5.00. The van der Waals surface area contributed by atoms with Crippen LogP contribution in [-0.2, 0) is 4.79 Å². The summed E-state index contributed by atoms with van der Waals surface area (Å²) in [4.78, 5) is 14.5. The number of nitrogens with zero attached hydrogens (tertiary/aromatic N) is 1. The molecule has 3 fully saturated rings. The van der Waals surface area contributed by atoms with Crippen molar-refractivity contribution in [1.82, 2.24) is 4.90 Å². The van der Waals surface area contributed by atoms with Crippen LogP contribution in [0.2, 0.25) is 0 Å². The summed E-state index contributed by atoms with van der Waals surface area (Å²) >= 11 is 0. The monoisotopic (exact) mass is 222 g/mol. The van der Waals surface area contributed by atoms with E-state index in [9.17, 15) is 4.79 Å². The number of amides is 1. The van der Waals surface area contributed by atoms with Crippen LogP contribution >= 0.6 is 0 Å². The molecule has 3 heteroatoms. The summed E-state index contributed by atoms with van der Waals surface area (Å²) < 4.78 is 0. The fraction of sp³-hybridized carbons (Fsp3) is 0.923. The van der Waals surface area contributed by atoms with Gasteiger partial charge in [0.1, 0.15) is 0 Å². The fourth-order valence-corrected chi connectivity index (χ4v) is 4.05. The van der Waals surface area contributed by atoms with Crippen molar-refractivity contribution in [1.29, 1.82) is 0 Å². The standard InChI is InChI=1S/C13H22N2O/c1-8-4-5-15(7-8)13(16)11-9-2-3-10(6-9)12(11)14/h8-12H,2-7,14H2,1H3. The SMILES string of the molecule is CC1CCN(C(=O)C2C3CCC(C3)C2N)C1. The van der Waals surface area contributed by atoms with E-state index >= 15 is 0 Å². The van der Waals surface area contributed by atoms with Crippen LogP contribution in [0, 0.1) is 23.7 Å². The van der Waals surface area contributed by atoms with Gasteiger partial charge in [0.05, 0.1) is 5.92 Å². The Balaban J connectivity index is 1.71. The first-order valence-electron chi connectivity index (χ1n) is 6.71. The second-order valence-electron chi connectivity index (χ2n) is 6.11. The van der Waals surface area contributed by atoms with Gasteiger partial charge in [0.15, 0.2) is 0 Å². The molecule has 0 spiro atoms. The van der Waals surface area contributed by atoms with E-state index < -0.39 is 0 Å². The molecule has 16 heavy (non-hydrogen) atoms. The second kappa shape index (κ2) is 3.73. The maximum Gasteiger partial charge on any atom is 0.227 e. The van der Waals surface area contributed by atoms with Crippen molar-refractivity contribution in [3.8, 4) is 0 Å². The van der Waals surface area contributed by atoms with Crippen LogP contribution in [0.15, 0.2) is 0 Å². The lowest BCUT2D eigenvalue weighted by Gasteiger charge is -2.30. The topological polar surface area (TPSA) is 46.3 Å². The minimum Gasteiger partial charge on any atom is -0.342 e. The van der Waals surface area contributed by atoms with Gasteiger partial charge in [-0.25, -0.2) is 0 Å². The highest BCUT2D eigenvalue weighted by atomic mass is 16.2. The summed E-state index contributed by atoms with van der Waals surface area (Å²) in [6.45, 7) is 4.15. The Morgan fingerprint density at radius 1 is 1.25 bits per heavy atom. The van der Waals surface area contributed by atoms with E-state index in [2.05, 4.69) is 11.8 Å². The quantitative estimate of drug-likeness (QED) is 0.725. The average Bonchev–Trinajstić information content (AvgIpc) is 2.92. The van der Waals surface area contributed by atoms with Gasteiger partial charge in [-0.1, -0.05) is 6.92 Å². The molecule has 0 aromatic carbocycles. The minimum absolute atomic E-state index is 0.155. The van der Waals surface area contributed by atoms with Gasteiger partial charge in [-0.15, -0.1) is 0 Å². The van der Waals surface area contributed by atoms with Crippen molar-refractivity contribution >= 4 is 5.91 Å². The van der Waals surface area contributed by atoms with E-state index in [1.165, 1.54) is 25.7 Å². The van der Waals surface area contributed by atoms with Crippen molar-refractivity contribution < 1.29 is 4.79 Å². The van der Waals surface area contributed by atoms with Gasteiger partial charge >= 0.3 is 0 Å². The number of rotatable bonds is 1. The molecule has 3 aliphatic rings. The second-order valence-corrected chi connectivity index (χ2v) is 6.11. The zero-order chi connectivity index (χ0) is 11.3. The molecule has 1 aliphatic heterocycles. The maximum absolute atomic E-state index is 12.4. The van der Waals surface area contributed by atoms with Crippen LogP contribution in [0.4, 0.5) is 0 Å². The van der Waals surface area contributed by atoms with Crippen molar-refractivity contribution in [2.24, 2.45) is 29.4 Å². The van der Waals surface area contributed by atoms with E-state index in [-0.39, 0.29) is 12.0 Å². The summed E-state index contributed by atoms with van der Waals surface area (Å²) in [5.41, 5.74) is 6.22. The molecule has 2 saturated carbocycles. The maximum atomic E-state index is 12.4. The van der Waals surface area contributed by atoms with Crippen LogP contribution in [0.1, 0.15) is 32.6 Å². The predicted molar refractivity (Wildman–Crippen MR) is 62.7 cm³/mol. The Labute approximate surface area is 97.4 Å². The Bertz CT molecular complexity index is 302. The number of nitrogens with two attached hydrogens (primary N) is 1. The lowest BCUT2D eigenvalue weighted by Crippen LogP contribution is -2.46. The third-order valence-corrected chi connectivity index (χ3v) is 5.00. The van der Waals surface area contributed by atoms with Gasteiger partial charge in [0.2, 0.25) is 5.91 Å². The molecule has 5 atom stereocenters. The van der Waals surface area contributed by atoms with Crippen molar-refractivity contribution in [3.05, 3.63) is 0 Å². The first-order valence-corrected chi connectivity index (χ1v) is 6.71. The van der Waals surface area contributed by atoms with Gasteiger partial charge in [-0.2, -0.15) is 0 Å². The molecule has 2 bridgehead atoms. The summed E-state index contributed by atoms with van der Waals surface area (Å²) in [6, 6.07) is 0.155. The van der Waals surface area contributed by atoms with Crippen molar-refractivity contribution in [2.75, 3.05) is 13.1 Å². The fourth-order valence-electron chi connectivity index (χ4n) is 4.05. The molecule has 3 rings (SSSR count).